The van der Waals surface area contributed by atoms with Crippen LogP contribution in [0.5, 0.6) is 0 Å². The molecule has 140 valence electrons. The fourth-order valence-electron chi connectivity index (χ4n) is 3.29. The first kappa shape index (κ1) is 18.6. The third-order valence-corrected chi connectivity index (χ3v) is 5.73. The molecule has 7 nitrogen and oxygen atoms in total. The lowest BCUT2D eigenvalue weighted by molar-refractivity contribution is -0.124. The summed E-state index contributed by atoms with van der Waals surface area (Å²) < 4.78 is 6.82. The molecule has 1 N–H and O–H groups in total. The molecule has 8 heteroatoms. The molecular formula is C18H23N3O4S. The number of aryl methyl sites for hydroxylation is 2. The second-order valence-corrected chi connectivity index (χ2v) is 7.66. The van der Waals surface area contributed by atoms with Crippen molar-refractivity contribution in [2.75, 3.05) is 6.61 Å². The maximum Gasteiger partial charge on any atom is 0.349 e. The lowest BCUT2D eigenvalue weighted by atomic mass is 10.2. The Labute approximate surface area is 155 Å². The number of thiophene rings is 1. The fraction of sp³-hybridized carbons (Fsp3) is 0.556. The Bertz CT molecular complexity index is 915. The van der Waals surface area contributed by atoms with Crippen molar-refractivity contribution in [2.24, 2.45) is 0 Å². The van der Waals surface area contributed by atoms with Crippen LogP contribution in [0.4, 0.5) is 0 Å². The highest BCUT2D eigenvalue weighted by molar-refractivity contribution is 7.20. The van der Waals surface area contributed by atoms with Gasteiger partial charge in [-0.25, -0.2) is 9.78 Å². The molecule has 2 aromatic rings. The van der Waals surface area contributed by atoms with Crippen LogP contribution in [0.2, 0.25) is 0 Å². The number of hydrogen-bond acceptors (Lipinski definition) is 6. The molecule has 0 saturated carbocycles. The van der Waals surface area contributed by atoms with Crippen molar-refractivity contribution >= 4 is 33.4 Å². The van der Waals surface area contributed by atoms with Gasteiger partial charge in [0.1, 0.15) is 15.5 Å². The number of hydrogen-bond donors (Lipinski definition) is 1. The predicted octanol–water partition coefficient (Wildman–Crippen LogP) is 2.17. The first-order chi connectivity index (χ1) is 12.4. The number of amides is 1. The molecule has 0 radical (unpaired) electrons. The van der Waals surface area contributed by atoms with Crippen LogP contribution < -0.4 is 10.9 Å². The van der Waals surface area contributed by atoms with Gasteiger partial charge < -0.3 is 10.1 Å². The normalized spacial score (nSPS) is 14.3. The van der Waals surface area contributed by atoms with E-state index in [0.717, 1.165) is 42.8 Å². The Morgan fingerprint density at radius 2 is 2.19 bits per heavy atom. The van der Waals surface area contributed by atoms with Gasteiger partial charge in [0, 0.05) is 19.0 Å². The van der Waals surface area contributed by atoms with Crippen LogP contribution in [0.25, 0.3) is 10.2 Å². The largest absolute Gasteiger partial charge is 0.451 e. The van der Waals surface area contributed by atoms with E-state index in [2.05, 4.69) is 10.3 Å². The molecule has 3 rings (SSSR count). The lowest BCUT2D eigenvalue weighted by Crippen LogP contribution is -2.35. The number of nitrogens with zero attached hydrogens (tertiary/aromatic N) is 2. The van der Waals surface area contributed by atoms with Gasteiger partial charge in [-0.1, -0.05) is 13.3 Å². The Kier molecular flexibility index (Phi) is 5.41. The maximum absolute atomic E-state index is 12.6. The van der Waals surface area contributed by atoms with Crippen molar-refractivity contribution < 1.29 is 14.3 Å². The number of aromatic nitrogens is 2. The van der Waals surface area contributed by atoms with E-state index in [4.69, 9.17) is 4.74 Å². The summed E-state index contributed by atoms with van der Waals surface area (Å²) in [4.78, 5) is 42.3. The van der Waals surface area contributed by atoms with E-state index in [-0.39, 0.29) is 24.1 Å². The van der Waals surface area contributed by atoms with Crippen LogP contribution in [0.3, 0.4) is 0 Å². The Hall–Kier alpha value is -2.22. The average Bonchev–Trinajstić information content (AvgIpc) is 3.18. The number of ether oxygens (including phenoxy) is 1. The minimum atomic E-state index is -0.589. The van der Waals surface area contributed by atoms with Gasteiger partial charge in [-0.3, -0.25) is 14.2 Å². The summed E-state index contributed by atoms with van der Waals surface area (Å²) in [5, 5.41) is 3.27. The average molecular weight is 377 g/mol. The number of carbonyl (C=O) groups excluding carboxylic acids is 2. The number of fused-ring (bicyclic) bond motifs is 2. The first-order valence-electron chi connectivity index (χ1n) is 8.91. The standard InChI is InChI=1S/C18H23N3O4S/c1-4-6-10(2)19-13(22)9-25-18(24)15-11(3)14-16(26-15)20-12-7-5-8-21(12)17(14)23/h10H,4-9H2,1-3H3,(H,19,22)/t10-/m0/s1. The van der Waals surface area contributed by atoms with Gasteiger partial charge in [0.05, 0.1) is 5.39 Å². The number of nitrogens with one attached hydrogen (secondary N) is 1. The molecule has 0 bridgehead atoms. The summed E-state index contributed by atoms with van der Waals surface area (Å²) in [5.41, 5.74) is 0.482. The molecule has 1 atom stereocenters. The van der Waals surface area contributed by atoms with Crippen molar-refractivity contribution in [3.63, 3.8) is 0 Å². The fourth-order valence-corrected chi connectivity index (χ4v) is 4.37. The molecule has 0 saturated heterocycles. The minimum absolute atomic E-state index is 0.0453. The molecule has 1 aliphatic heterocycles. The van der Waals surface area contributed by atoms with Crippen molar-refractivity contribution in [3.05, 3.63) is 26.6 Å². The smallest absolute Gasteiger partial charge is 0.349 e. The van der Waals surface area contributed by atoms with Gasteiger partial charge in [0.2, 0.25) is 0 Å². The van der Waals surface area contributed by atoms with E-state index < -0.39 is 5.97 Å². The SMILES string of the molecule is CCC[C@H](C)NC(=O)COC(=O)c1sc2nc3n(c(=O)c2c1C)CCC3. The zero-order valence-electron chi connectivity index (χ0n) is 15.3. The summed E-state index contributed by atoms with van der Waals surface area (Å²) in [6.07, 6.45) is 3.53. The van der Waals surface area contributed by atoms with E-state index in [1.807, 2.05) is 13.8 Å². The van der Waals surface area contributed by atoms with Crippen LogP contribution in [0.1, 0.15) is 54.2 Å². The molecule has 26 heavy (non-hydrogen) atoms. The lowest BCUT2D eigenvalue weighted by Gasteiger charge is -2.12. The highest BCUT2D eigenvalue weighted by Gasteiger charge is 2.24. The van der Waals surface area contributed by atoms with Crippen molar-refractivity contribution in [1.82, 2.24) is 14.9 Å². The van der Waals surface area contributed by atoms with E-state index in [1.165, 1.54) is 0 Å². The van der Waals surface area contributed by atoms with Gasteiger partial charge in [0.25, 0.3) is 11.5 Å². The molecule has 1 amide bonds. The van der Waals surface area contributed by atoms with Crippen LogP contribution in [0.15, 0.2) is 4.79 Å². The number of esters is 1. The van der Waals surface area contributed by atoms with Crippen LogP contribution in [-0.2, 0) is 22.5 Å². The first-order valence-corrected chi connectivity index (χ1v) is 9.73. The zero-order chi connectivity index (χ0) is 18.8. The van der Waals surface area contributed by atoms with Gasteiger partial charge in [-0.15, -0.1) is 11.3 Å². The third-order valence-electron chi connectivity index (χ3n) is 4.56. The van der Waals surface area contributed by atoms with Gasteiger partial charge in [-0.05, 0) is 32.3 Å². The molecule has 0 spiro atoms. The Balaban J connectivity index is 1.75. The van der Waals surface area contributed by atoms with Gasteiger partial charge >= 0.3 is 5.97 Å². The topological polar surface area (TPSA) is 90.3 Å². The van der Waals surface area contributed by atoms with E-state index in [0.29, 0.717) is 27.2 Å². The third kappa shape index (κ3) is 3.51. The molecule has 0 fully saturated rings. The van der Waals surface area contributed by atoms with E-state index in [9.17, 15) is 14.4 Å². The van der Waals surface area contributed by atoms with Crippen molar-refractivity contribution in [1.29, 1.82) is 0 Å². The molecule has 1 aliphatic rings. The summed E-state index contributed by atoms with van der Waals surface area (Å²) >= 11 is 1.16. The van der Waals surface area contributed by atoms with Gasteiger partial charge in [-0.2, -0.15) is 0 Å². The Morgan fingerprint density at radius 3 is 2.92 bits per heavy atom. The highest BCUT2D eigenvalue weighted by Crippen LogP contribution is 2.29. The molecule has 0 aromatic carbocycles. The monoisotopic (exact) mass is 377 g/mol. The molecule has 2 aromatic heterocycles. The second-order valence-electron chi connectivity index (χ2n) is 6.66. The van der Waals surface area contributed by atoms with Crippen LogP contribution in [-0.4, -0.2) is 34.1 Å². The van der Waals surface area contributed by atoms with Crippen LogP contribution in [0, 0.1) is 6.92 Å². The maximum atomic E-state index is 12.6. The summed E-state index contributed by atoms with van der Waals surface area (Å²) in [5.74, 6) is -0.142. The predicted molar refractivity (Wildman–Crippen MR) is 99.7 cm³/mol. The molecule has 0 unspecified atom stereocenters. The molecular weight excluding hydrogens is 354 g/mol. The minimum Gasteiger partial charge on any atom is -0.451 e. The van der Waals surface area contributed by atoms with E-state index in [1.54, 1.807) is 11.5 Å². The molecule has 0 aliphatic carbocycles. The van der Waals surface area contributed by atoms with Gasteiger partial charge in [0.15, 0.2) is 6.61 Å². The van der Waals surface area contributed by atoms with E-state index >= 15 is 0 Å². The van der Waals surface area contributed by atoms with Crippen molar-refractivity contribution in [2.45, 2.75) is 59.0 Å². The van der Waals surface area contributed by atoms with Crippen LogP contribution >= 0.6 is 11.3 Å². The van der Waals surface area contributed by atoms with Crippen molar-refractivity contribution in [3.8, 4) is 0 Å². The zero-order valence-corrected chi connectivity index (χ0v) is 16.1. The number of carbonyl (C=O) groups is 2. The molecule has 3 heterocycles. The summed E-state index contributed by atoms with van der Waals surface area (Å²) in [6, 6.07) is 0.0453. The summed E-state index contributed by atoms with van der Waals surface area (Å²) in [7, 11) is 0. The number of rotatable bonds is 6. The summed E-state index contributed by atoms with van der Waals surface area (Å²) in [6.45, 7) is 6.02. The highest BCUT2D eigenvalue weighted by atomic mass is 32.1. The second kappa shape index (κ2) is 7.57. The quantitative estimate of drug-likeness (QED) is 0.779. The Morgan fingerprint density at radius 1 is 1.42 bits per heavy atom.